The number of morpholine rings is 1. The molecule has 1 saturated carbocycles. The smallest absolute Gasteiger partial charge is 0.116 e. The van der Waals surface area contributed by atoms with Crippen LogP contribution in [-0.4, -0.2) is 42.4 Å². The highest BCUT2D eigenvalue weighted by Gasteiger charge is 2.22. The molecule has 1 aliphatic heterocycles. The molecular formula is C18H29NO2. The topological polar surface area (TPSA) is 32.7 Å². The summed E-state index contributed by atoms with van der Waals surface area (Å²) in [6, 6.07) is 6.40. The monoisotopic (exact) mass is 291 g/mol. The van der Waals surface area contributed by atoms with Crippen molar-refractivity contribution in [2.45, 2.75) is 52.0 Å². The Labute approximate surface area is 128 Å². The van der Waals surface area contributed by atoms with Crippen molar-refractivity contribution in [3.8, 4) is 5.75 Å². The molecule has 3 nitrogen and oxygen atoms in total. The van der Waals surface area contributed by atoms with Gasteiger partial charge in [0.15, 0.2) is 0 Å². The summed E-state index contributed by atoms with van der Waals surface area (Å²) >= 11 is 0. The summed E-state index contributed by atoms with van der Waals surface area (Å²) in [5, 5.41) is 8.99. The summed E-state index contributed by atoms with van der Waals surface area (Å²) in [5.74, 6) is 0.354. The average molecular weight is 291 g/mol. The minimum absolute atomic E-state index is 0.354. The zero-order valence-electron chi connectivity index (χ0n) is 13.5. The van der Waals surface area contributed by atoms with Crippen LogP contribution >= 0.6 is 0 Å². The third-order valence-corrected chi connectivity index (χ3v) is 4.34. The van der Waals surface area contributed by atoms with E-state index in [1.807, 2.05) is 19.9 Å². The van der Waals surface area contributed by atoms with Gasteiger partial charge in [-0.2, -0.15) is 0 Å². The molecule has 1 aliphatic carbocycles. The van der Waals surface area contributed by atoms with Crippen molar-refractivity contribution in [2.75, 3.05) is 26.3 Å². The van der Waals surface area contributed by atoms with E-state index < -0.39 is 0 Å². The third kappa shape index (κ3) is 5.68. The van der Waals surface area contributed by atoms with Gasteiger partial charge in [-0.05, 0) is 49.9 Å². The maximum absolute atomic E-state index is 8.99. The molecule has 2 fully saturated rings. The van der Waals surface area contributed by atoms with Crippen molar-refractivity contribution < 1.29 is 9.84 Å². The van der Waals surface area contributed by atoms with Gasteiger partial charge in [0.05, 0.1) is 13.2 Å². The van der Waals surface area contributed by atoms with Crippen molar-refractivity contribution in [3.63, 3.8) is 0 Å². The van der Waals surface area contributed by atoms with Crippen molar-refractivity contribution in [2.24, 2.45) is 0 Å². The lowest BCUT2D eigenvalue weighted by Gasteiger charge is -2.36. The number of aryl methyl sites for hydroxylation is 2. The second-order valence-corrected chi connectivity index (χ2v) is 6.29. The highest BCUT2D eigenvalue weighted by Crippen LogP contribution is 2.22. The van der Waals surface area contributed by atoms with Crippen LogP contribution in [0.15, 0.2) is 18.2 Å². The molecule has 0 amide bonds. The third-order valence-electron chi connectivity index (χ3n) is 4.34. The van der Waals surface area contributed by atoms with E-state index in [0.29, 0.717) is 5.75 Å². The Morgan fingerprint density at radius 2 is 1.52 bits per heavy atom. The number of phenolic OH excluding ortho intramolecular Hbond substituents is 1. The van der Waals surface area contributed by atoms with Crippen molar-refractivity contribution in [1.82, 2.24) is 4.90 Å². The van der Waals surface area contributed by atoms with E-state index in [2.05, 4.69) is 4.90 Å². The largest absolute Gasteiger partial charge is 0.508 e. The summed E-state index contributed by atoms with van der Waals surface area (Å²) < 4.78 is 5.35. The molecule has 0 radical (unpaired) electrons. The van der Waals surface area contributed by atoms with Crippen LogP contribution in [0.5, 0.6) is 5.75 Å². The lowest BCUT2D eigenvalue weighted by Crippen LogP contribution is -2.44. The summed E-state index contributed by atoms with van der Waals surface area (Å²) in [6.07, 6.45) is 7.21. The normalized spacial score (nSPS) is 20.7. The van der Waals surface area contributed by atoms with Gasteiger partial charge in [0.2, 0.25) is 0 Å². The maximum Gasteiger partial charge on any atom is 0.116 e. The lowest BCUT2D eigenvalue weighted by atomic mass is 9.94. The van der Waals surface area contributed by atoms with Gasteiger partial charge in [-0.15, -0.1) is 0 Å². The fraction of sp³-hybridized carbons (Fsp3) is 0.667. The molecule has 0 spiro atoms. The molecule has 3 rings (SSSR count). The van der Waals surface area contributed by atoms with E-state index in [1.54, 1.807) is 12.1 Å². The van der Waals surface area contributed by atoms with Gasteiger partial charge in [0, 0.05) is 19.1 Å². The van der Waals surface area contributed by atoms with Crippen LogP contribution in [0.3, 0.4) is 0 Å². The van der Waals surface area contributed by atoms with Crippen LogP contribution in [0, 0.1) is 13.8 Å². The predicted octanol–water partition coefficient (Wildman–Crippen LogP) is 3.66. The molecular weight excluding hydrogens is 262 g/mol. The number of rotatable bonds is 1. The first-order valence-electron chi connectivity index (χ1n) is 8.24. The number of aromatic hydroxyl groups is 1. The van der Waals surface area contributed by atoms with Gasteiger partial charge in [0.1, 0.15) is 5.75 Å². The zero-order valence-corrected chi connectivity index (χ0v) is 13.5. The van der Waals surface area contributed by atoms with E-state index in [-0.39, 0.29) is 0 Å². The Morgan fingerprint density at radius 3 is 2.05 bits per heavy atom. The van der Waals surface area contributed by atoms with Gasteiger partial charge < -0.3 is 9.84 Å². The number of ether oxygens (including phenoxy) is 1. The van der Waals surface area contributed by atoms with E-state index in [4.69, 9.17) is 9.84 Å². The number of nitrogens with zero attached hydrogens (tertiary/aromatic N) is 1. The molecule has 3 heteroatoms. The SMILES string of the molecule is C1CCC(N2CCOCC2)CC1.Cc1cc(C)cc(O)c1. The van der Waals surface area contributed by atoms with Crippen LogP contribution in [0.1, 0.15) is 43.2 Å². The van der Waals surface area contributed by atoms with Crippen molar-refractivity contribution in [1.29, 1.82) is 0 Å². The Morgan fingerprint density at radius 1 is 0.952 bits per heavy atom. The van der Waals surface area contributed by atoms with E-state index in [9.17, 15) is 0 Å². The minimum Gasteiger partial charge on any atom is -0.508 e. The molecule has 2 aliphatic rings. The molecule has 0 atom stereocenters. The number of phenols is 1. The van der Waals surface area contributed by atoms with Crippen molar-refractivity contribution >= 4 is 0 Å². The summed E-state index contributed by atoms with van der Waals surface area (Å²) in [5.41, 5.74) is 2.21. The Balaban J connectivity index is 0.000000161. The number of hydrogen-bond acceptors (Lipinski definition) is 3. The first kappa shape index (κ1) is 16.3. The highest BCUT2D eigenvalue weighted by atomic mass is 16.5. The lowest BCUT2D eigenvalue weighted by molar-refractivity contribution is 0.00858. The molecule has 1 saturated heterocycles. The van der Waals surface area contributed by atoms with Gasteiger partial charge >= 0.3 is 0 Å². The van der Waals surface area contributed by atoms with Crippen LogP contribution in [0.2, 0.25) is 0 Å². The van der Waals surface area contributed by atoms with Gasteiger partial charge in [-0.3, -0.25) is 4.90 Å². The standard InChI is InChI=1S/C10H19NO.C8H10O/c1-2-4-10(5-3-1)11-6-8-12-9-7-11;1-6-3-7(2)5-8(9)4-6/h10H,1-9H2;3-5,9H,1-2H3. The number of benzene rings is 1. The molecule has 1 N–H and O–H groups in total. The Kier molecular flexibility index (Phi) is 6.52. The van der Waals surface area contributed by atoms with Crippen LogP contribution in [0.4, 0.5) is 0 Å². The van der Waals surface area contributed by atoms with Crippen molar-refractivity contribution in [3.05, 3.63) is 29.3 Å². The fourth-order valence-corrected chi connectivity index (χ4v) is 3.34. The van der Waals surface area contributed by atoms with Gasteiger partial charge in [0.25, 0.3) is 0 Å². The molecule has 0 bridgehead atoms. The predicted molar refractivity (Wildman–Crippen MR) is 86.8 cm³/mol. The molecule has 21 heavy (non-hydrogen) atoms. The summed E-state index contributed by atoms with van der Waals surface area (Å²) in [7, 11) is 0. The van der Waals surface area contributed by atoms with Gasteiger partial charge in [-0.25, -0.2) is 0 Å². The molecule has 1 heterocycles. The highest BCUT2D eigenvalue weighted by molar-refractivity contribution is 5.31. The van der Waals surface area contributed by atoms with Crippen LogP contribution < -0.4 is 0 Å². The van der Waals surface area contributed by atoms with Crippen LogP contribution in [0.25, 0.3) is 0 Å². The summed E-state index contributed by atoms with van der Waals surface area (Å²) in [4.78, 5) is 2.63. The minimum atomic E-state index is 0.354. The second-order valence-electron chi connectivity index (χ2n) is 6.29. The quantitative estimate of drug-likeness (QED) is 0.857. The first-order chi connectivity index (χ1) is 10.1. The molecule has 118 valence electrons. The first-order valence-corrected chi connectivity index (χ1v) is 8.24. The Hall–Kier alpha value is -1.06. The molecule has 1 aromatic rings. The average Bonchev–Trinajstić information content (AvgIpc) is 2.48. The fourth-order valence-electron chi connectivity index (χ4n) is 3.34. The molecule has 1 aromatic carbocycles. The zero-order chi connectivity index (χ0) is 15.1. The van der Waals surface area contributed by atoms with Crippen LogP contribution in [-0.2, 0) is 4.74 Å². The second kappa shape index (κ2) is 8.40. The maximum atomic E-state index is 8.99. The van der Waals surface area contributed by atoms with E-state index in [0.717, 1.165) is 30.4 Å². The summed E-state index contributed by atoms with van der Waals surface area (Å²) in [6.45, 7) is 8.18. The van der Waals surface area contributed by atoms with E-state index >= 15 is 0 Å². The number of hydrogen-bond donors (Lipinski definition) is 1. The van der Waals surface area contributed by atoms with Gasteiger partial charge in [-0.1, -0.05) is 25.3 Å². The molecule has 0 unspecified atom stereocenters. The Bertz CT molecular complexity index is 355. The van der Waals surface area contributed by atoms with E-state index in [1.165, 1.54) is 45.2 Å². The molecule has 0 aromatic heterocycles.